The second-order valence-electron chi connectivity index (χ2n) is 4.30. The third-order valence-corrected chi connectivity index (χ3v) is 2.91. The van der Waals surface area contributed by atoms with Gasteiger partial charge in [-0.25, -0.2) is 0 Å². The summed E-state index contributed by atoms with van der Waals surface area (Å²) in [7, 11) is 0. The smallest absolute Gasteiger partial charge is 0.325 e. The number of carboxylic acid groups (broad SMARTS) is 1. The molecular formula is C12H14ClNO3. The molecule has 0 heterocycles. The van der Waals surface area contributed by atoms with Crippen LogP contribution in [0.15, 0.2) is 12.1 Å². The minimum absolute atomic E-state index is 0.148. The normalized spacial score (nSPS) is 16.6. The number of ether oxygens (including phenoxy) is 1. The maximum Gasteiger partial charge on any atom is 0.325 e. The van der Waals surface area contributed by atoms with Crippen LogP contribution in [-0.2, 0) is 4.79 Å². The number of rotatable bonds is 4. The first kappa shape index (κ1) is 12.2. The maximum absolute atomic E-state index is 11.0. The highest BCUT2D eigenvalue weighted by atomic mass is 35.5. The fourth-order valence-electron chi connectivity index (χ4n) is 1.60. The number of carboxylic acids is 1. The molecule has 3 N–H and O–H groups in total. The van der Waals surface area contributed by atoms with Crippen LogP contribution in [0.1, 0.15) is 30.0 Å². The van der Waals surface area contributed by atoms with Crippen molar-refractivity contribution in [3.05, 3.63) is 28.3 Å². The fourth-order valence-corrected chi connectivity index (χ4v) is 1.92. The molecule has 1 aromatic carbocycles. The van der Waals surface area contributed by atoms with Crippen molar-refractivity contribution in [2.45, 2.75) is 31.9 Å². The highest BCUT2D eigenvalue weighted by molar-refractivity contribution is 6.32. The Morgan fingerprint density at radius 2 is 2.24 bits per heavy atom. The minimum Gasteiger partial charge on any atom is -0.488 e. The Morgan fingerprint density at radius 1 is 1.59 bits per heavy atom. The Labute approximate surface area is 104 Å². The first-order valence-corrected chi connectivity index (χ1v) is 5.82. The number of hydrogen-bond acceptors (Lipinski definition) is 3. The Morgan fingerprint density at radius 3 is 2.76 bits per heavy atom. The summed E-state index contributed by atoms with van der Waals surface area (Å²) in [6.07, 6.45) is 2.10. The number of aryl methyl sites for hydroxylation is 1. The zero-order valence-electron chi connectivity index (χ0n) is 9.44. The van der Waals surface area contributed by atoms with Gasteiger partial charge < -0.3 is 15.6 Å². The molecule has 0 aromatic heterocycles. The van der Waals surface area contributed by atoms with Gasteiger partial charge in [-0.2, -0.15) is 0 Å². The van der Waals surface area contributed by atoms with Crippen LogP contribution in [0.2, 0.25) is 5.02 Å². The molecule has 0 radical (unpaired) electrons. The predicted molar refractivity (Wildman–Crippen MR) is 64.4 cm³/mol. The van der Waals surface area contributed by atoms with E-state index in [1.165, 1.54) is 0 Å². The summed E-state index contributed by atoms with van der Waals surface area (Å²) in [4.78, 5) is 11.0. The quantitative estimate of drug-likeness (QED) is 0.866. The monoisotopic (exact) mass is 255 g/mol. The van der Waals surface area contributed by atoms with Gasteiger partial charge in [-0.3, -0.25) is 4.79 Å². The van der Waals surface area contributed by atoms with E-state index in [1.807, 2.05) is 6.92 Å². The largest absolute Gasteiger partial charge is 0.488 e. The average Bonchev–Trinajstić information content (AvgIpc) is 3.04. The molecule has 1 unspecified atom stereocenters. The Hall–Kier alpha value is -1.26. The molecule has 5 heteroatoms. The summed E-state index contributed by atoms with van der Waals surface area (Å²) >= 11 is 6.08. The van der Waals surface area contributed by atoms with Gasteiger partial charge in [-0.1, -0.05) is 17.7 Å². The van der Waals surface area contributed by atoms with Gasteiger partial charge in [0.15, 0.2) is 0 Å². The van der Waals surface area contributed by atoms with Gasteiger partial charge in [0.25, 0.3) is 0 Å². The van der Waals surface area contributed by atoms with Crippen LogP contribution in [0.5, 0.6) is 5.75 Å². The van der Waals surface area contributed by atoms with E-state index in [-0.39, 0.29) is 6.10 Å². The molecule has 1 aliphatic rings. The standard InChI is InChI=1S/C12H14ClNO3/c1-6-4-8(10(14)12(15)16)11(9(13)5-6)17-7-2-3-7/h4-5,7,10H,2-3,14H2,1H3,(H,15,16). The number of hydrogen-bond donors (Lipinski definition) is 2. The van der Waals surface area contributed by atoms with Crippen LogP contribution in [0, 0.1) is 6.92 Å². The van der Waals surface area contributed by atoms with Gasteiger partial charge in [0.1, 0.15) is 11.8 Å². The molecule has 0 saturated heterocycles. The Balaban J connectivity index is 2.41. The molecule has 92 valence electrons. The lowest BCUT2D eigenvalue weighted by Gasteiger charge is -2.16. The molecule has 0 spiro atoms. The number of carbonyl (C=O) groups is 1. The number of nitrogens with two attached hydrogens (primary N) is 1. The molecule has 17 heavy (non-hydrogen) atoms. The summed E-state index contributed by atoms with van der Waals surface area (Å²) in [5.41, 5.74) is 6.94. The first-order valence-electron chi connectivity index (χ1n) is 5.44. The van der Waals surface area contributed by atoms with Crippen molar-refractivity contribution in [1.29, 1.82) is 0 Å². The van der Waals surface area contributed by atoms with Gasteiger partial charge >= 0.3 is 5.97 Å². The fraction of sp³-hybridized carbons (Fsp3) is 0.417. The maximum atomic E-state index is 11.0. The molecule has 0 aliphatic heterocycles. The molecule has 1 fully saturated rings. The Kier molecular flexibility index (Phi) is 3.26. The van der Waals surface area contributed by atoms with Gasteiger partial charge in [0, 0.05) is 5.56 Å². The SMILES string of the molecule is Cc1cc(Cl)c(OC2CC2)c(C(N)C(=O)O)c1. The van der Waals surface area contributed by atoms with E-state index in [4.69, 9.17) is 27.2 Å². The van der Waals surface area contributed by atoms with E-state index in [1.54, 1.807) is 12.1 Å². The van der Waals surface area contributed by atoms with Crippen molar-refractivity contribution < 1.29 is 14.6 Å². The van der Waals surface area contributed by atoms with E-state index in [2.05, 4.69) is 0 Å². The van der Waals surface area contributed by atoms with E-state index in [0.29, 0.717) is 16.3 Å². The van der Waals surface area contributed by atoms with Crippen molar-refractivity contribution in [3.8, 4) is 5.75 Å². The minimum atomic E-state index is -1.11. The van der Waals surface area contributed by atoms with E-state index in [0.717, 1.165) is 18.4 Å². The molecular weight excluding hydrogens is 242 g/mol. The van der Waals surface area contributed by atoms with Gasteiger partial charge in [0.05, 0.1) is 11.1 Å². The first-order chi connectivity index (χ1) is 7.99. The topological polar surface area (TPSA) is 72.5 Å². The lowest BCUT2D eigenvalue weighted by atomic mass is 10.0. The second-order valence-corrected chi connectivity index (χ2v) is 4.71. The third kappa shape index (κ3) is 2.70. The third-order valence-electron chi connectivity index (χ3n) is 2.63. The van der Waals surface area contributed by atoms with Gasteiger partial charge in [-0.15, -0.1) is 0 Å². The summed E-state index contributed by atoms with van der Waals surface area (Å²) in [5, 5.41) is 9.39. The van der Waals surface area contributed by atoms with Crippen molar-refractivity contribution in [1.82, 2.24) is 0 Å². The summed E-state index contributed by atoms with van der Waals surface area (Å²) in [5.74, 6) is -0.679. The van der Waals surface area contributed by atoms with Crippen molar-refractivity contribution in [2.24, 2.45) is 5.73 Å². The zero-order chi connectivity index (χ0) is 12.6. The van der Waals surface area contributed by atoms with Crippen LogP contribution in [-0.4, -0.2) is 17.2 Å². The zero-order valence-corrected chi connectivity index (χ0v) is 10.2. The second kappa shape index (κ2) is 4.55. The molecule has 1 atom stereocenters. The molecule has 2 rings (SSSR count). The highest BCUT2D eigenvalue weighted by Crippen LogP contribution is 2.37. The highest BCUT2D eigenvalue weighted by Gasteiger charge is 2.28. The van der Waals surface area contributed by atoms with E-state index >= 15 is 0 Å². The van der Waals surface area contributed by atoms with Crippen LogP contribution >= 0.6 is 11.6 Å². The summed E-state index contributed by atoms with van der Waals surface area (Å²) < 4.78 is 5.64. The van der Waals surface area contributed by atoms with Gasteiger partial charge in [-0.05, 0) is 31.4 Å². The molecule has 4 nitrogen and oxygen atoms in total. The molecule has 1 aromatic rings. The molecule has 1 saturated carbocycles. The van der Waals surface area contributed by atoms with Crippen molar-refractivity contribution in [3.63, 3.8) is 0 Å². The average molecular weight is 256 g/mol. The van der Waals surface area contributed by atoms with Crippen LogP contribution in [0.3, 0.4) is 0 Å². The number of benzene rings is 1. The van der Waals surface area contributed by atoms with Gasteiger partial charge in [0.2, 0.25) is 0 Å². The van der Waals surface area contributed by atoms with Crippen molar-refractivity contribution in [2.75, 3.05) is 0 Å². The van der Waals surface area contributed by atoms with E-state index < -0.39 is 12.0 Å². The summed E-state index contributed by atoms with van der Waals surface area (Å²) in [6.45, 7) is 1.84. The van der Waals surface area contributed by atoms with Crippen LogP contribution in [0.25, 0.3) is 0 Å². The predicted octanol–water partition coefficient (Wildman–Crippen LogP) is 2.27. The number of aliphatic carboxylic acids is 1. The lowest BCUT2D eigenvalue weighted by Crippen LogP contribution is -2.22. The summed E-state index contributed by atoms with van der Waals surface area (Å²) in [6, 6.07) is 2.35. The molecule has 0 bridgehead atoms. The molecule has 0 amide bonds. The lowest BCUT2D eigenvalue weighted by molar-refractivity contribution is -0.138. The molecule has 1 aliphatic carbocycles. The van der Waals surface area contributed by atoms with Crippen LogP contribution in [0.4, 0.5) is 0 Å². The Bertz CT molecular complexity index is 457. The van der Waals surface area contributed by atoms with Crippen molar-refractivity contribution >= 4 is 17.6 Å². The van der Waals surface area contributed by atoms with Crippen LogP contribution < -0.4 is 10.5 Å². The number of halogens is 1. The van der Waals surface area contributed by atoms with E-state index in [9.17, 15) is 4.79 Å².